The number of likely N-dealkylation sites (tertiary alicyclic amines) is 1. The van der Waals surface area contributed by atoms with Gasteiger partial charge in [-0.05, 0) is 18.6 Å². The molecule has 0 aliphatic carbocycles. The van der Waals surface area contributed by atoms with Crippen molar-refractivity contribution in [2.45, 2.75) is 36.5 Å². The average Bonchev–Trinajstić information content (AvgIpc) is 2.80. The van der Waals surface area contributed by atoms with Gasteiger partial charge in [0.15, 0.2) is 0 Å². The molecule has 20 heavy (non-hydrogen) atoms. The Morgan fingerprint density at radius 1 is 1.55 bits per heavy atom. The predicted octanol–water partition coefficient (Wildman–Crippen LogP) is 3.44. The first-order valence-corrected chi connectivity index (χ1v) is 7.92. The second-order valence-corrected chi connectivity index (χ2v) is 7.10. The lowest BCUT2D eigenvalue weighted by atomic mass is 10.3. The lowest BCUT2D eigenvalue weighted by molar-refractivity contribution is 0.176. The number of anilines is 1. The van der Waals surface area contributed by atoms with Gasteiger partial charge in [-0.15, -0.1) is 11.8 Å². The van der Waals surface area contributed by atoms with E-state index in [9.17, 15) is 9.90 Å². The maximum atomic E-state index is 12.2. The zero-order valence-electron chi connectivity index (χ0n) is 11.6. The fraction of sp³-hybridized carbons (Fsp3) is 0.500. The van der Waals surface area contributed by atoms with E-state index in [0.29, 0.717) is 29.8 Å². The van der Waals surface area contributed by atoms with Crippen LogP contribution in [0.5, 0.6) is 0 Å². The van der Waals surface area contributed by atoms with Crippen molar-refractivity contribution in [3.05, 3.63) is 23.2 Å². The van der Waals surface area contributed by atoms with Crippen molar-refractivity contribution >= 4 is 35.1 Å². The maximum Gasteiger partial charge on any atom is 0.321 e. The molecule has 1 saturated heterocycles. The van der Waals surface area contributed by atoms with Crippen LogP contribution in [0.4, 0.5) is 10.5 Å². The summed E-state index contributed by atoms with van der Waals surface area (Å²) in [5.74, 6) is 0. The van der Waals surface area contributed by atoms with E-state index in [1.165, 1.54) is 0 Å². The van der Waals surface area contributed by atoms with Gasteiger partial charge < -0.3 is 15.3 Å². The number of β-amino-alcohol motifs (C(OH)–C–C–N with tert-alkyl or cyclic N) is 1. The van der Waals surface area contributed by atoms with Crippen LogP contribution in [0, 0.1) is 0 Å². The molecule has 0 aromatic heterocycles. The molecule has 2 rings (SSSR count). The van der Waals surface area contributed by atoms with Crippen LogP contribution in [-0.2, 0) is 0 Å². The van der Waals surface area contributed by atoms with Gasteiger partial charge >= 0.3 is 6.03 Å². The summed E-state index contributed by atoms with van der Waals surface area (Å²) in [6.45, 7) is 5.13. The van der Waals surface area contributed by atoms with Crippen molar-refractivity contribution in [1.82, 2.24) is 4.90 Å². The summed E-state index contributed by atoms with van der Waals surface area (Å²) in [4.78, 5) is 14.7. The molecule has 1 atom stereocenters. The van der Waals surface area contributed by atoms with Crippen LogP contribution >= 0.6 is 23.4 Å². The zero-order chi connectivity index (χ0) is 14.7. The number of benzene rings is 1. The van der Waals surface area contributed by atoms with Crippen LogP contribution in [-0.4, -0.2) is 40.5 Å². The molecule has 0 bridgehead atoms. The number of carbonyl (C=O) groups is 1. The summed E-state index contributed by atoms with van der Waals surface area (Å²) in [5, 5.41) is 13.4. The van der Waals surface area contributed by atoms with Crippen LogP contribution in [0.3, 0.4) is 0 Å². The molecule has 1 aromatic rings. The molecule has 1 fully saturated rings. The summed E-state index contributed by atoms with van der Waals surface area (Å²) in [7, 11) is 0. The Labute approximate surface area is 128 Å². The zero-order valence-corrected chi connectivity index (χ0v) is 13.2. The first-order valence-electron chi connectivity index (χ1n) is 6.66. The Morgan fingerprint density at radius 3 is 2.90 bits per heavy atom. The van der Waals surface area contributed by atoms with Crippen LogP contribution in [0.2, 0.25) is 5.02 Å². The monoisotopic (exact) mass is 314 g/mol. The van der Waals surface area contributed by atoms with E-state index < -0.39 is 6.10 Å². The normalized spacial score (nSPS) is 18.6. The highest BCUT2D eigenvalue weighted by atomic mass is 35.5. The third-order valence-corrected chi connectivity index (χ3v) is 4.59. The molecule has 1 aliphatic rings. The van der Waals surface area contributed by atoms with Crippen molar-refractivity contribution in [3.63, 3.8) is 0 Å². The van der Waals surface area contributed by atoms with Gasteiger partial charge in [0, 0.05) is 23.2 Å². The van der Waals surface area contributed by atoms with Crippen LogP contribution in [0.25, 0.3) is 0 Å². The fourth-order valence-electron chi connectivity index (χ4n) is 2.08. The molecule has 1 aliphatic heterocycles. The highest BCUT2D eigenvalue weighted by molar-refractivity contribution is 8.00. The van der Waals surface area contributed by atoms with E-state index in [1.54, 1.807) is 16.7 Å². The number of aliphatic hydroxyl groups is 1. The summed E-state index contributed by atoms with van der Waals surface area (Å²) < 4.78 is 0. The van der Waals surface area contributed by atoms with E-state index in [0.717, 1.165) is 10.6 Å². The predicted molar refractivity (Wildman–Crippen MR) is 83.7 cm³/mol. The maximum absolute atomic E-state index is 12.2. The third kappa shape index (κ3) is 3.81. The Kier molecular flexibility index (Phi) is 5.18. The largest absolute Gasteiger partial charge is 0.391 e. The molecule has 1 heterocycles. The summed E-state index contributed by atoms with van der Waals surface area (Å²) in [6, 6.07) is 5.30. The number of halogens is 1. The van der Waals surface area contributed by atoms with Crippen LogP contribution in [0.1, 0.15) is 20.3 Å². The van der Waals surface area contributed by atoms with E-state index in [4.69, 9.17) is 11.6 Å². The summed E-state index contributed by atoms with van der Waals surface area (Å²) in [6.07, 6.45) is 0.223. The number of hydrogen-bond acceptors (Lipinski definition) is 3. The molecule has 1 aromatic carbocycles. The SMILES string of the molecule is CC(C)Sc1c(Cl)cccc1NC(=O)N1CC[C@H](O)C1. The van der Waals surface area contributed by atoms with Gasteiger partial charge in [0.05, 0.1) is 16.8 Å². The number of aliphatic hydroxyl groups excluding tert-OH is 1. The van der Waals surface area contributed by atoms with E-state index in [-0.39, 0.29) is 6.03 Å². The molecule has 0 spiro atoms. The highest BCUT2D eigenvalue weighted by Crippen LogP contribution is 2.36. The third-order valence-electron chi connectivity index (χ3n) is 3.01. The van der Waals surface area contributed by atoms with E-state index >= 15 is 0 Å². The number of hydrogen-bond donors (Lipinski definition) is 2. The van der Waals surface area contributed by atoms with Gasteiger partial charge in [-0.3, -0.25) is 0 Å². The van der Waals surface area contributed by atoms with Crippen molar-refractivity contribution in [2.24, 2.45) is 0 Å². The summed E-state index contributed by atoms with van der Waals surface area (Å²) in [5.41, 5.74) is 0.725. The van der Waals surface area contributed by atoms with E-state index in [1.807, 2.05) is 18.2 Å². The number of rotatable bonds is 3. The molecule has 2 N–H and O–H groups in total. The number of amides is 2. The second-order valence-electron chi connectivity index (χ2n) is 5.10. The van der Waals surface area contributed by atoms with Gasteiger partial charge in [-0.25, -0.2) is 4.79 Å². The highest BCUT2D eigenvalue weighted by Gasteiger charge is 2.25. The first-order chi connectivity index (χ1) is 9.47. The minimum Gasteiger partial charge on any atom is -0.391 e. The molecular formula is C14H19ClN2O2S. The molecule has 2 amide bonds. The van der Waals surface area contributed by atoms with Gasteiger partial charge in [-0.1, -0.05) is 31.5 Å². The minimum atomic E-state index is -0.412. The lowest BCUT2D eigenvalue weighted by Gasteiger charge is -2.19. The fourth-order valence-corrected chi connectivity index (χ4v) is 3.29. The summed E-state index contributed by atoms with van der Waals surface area (Å²) >= 11 is 7.84. The minimum absolute atomic E-state index is 0.186. The van der Waals surface area contributed by atoms with E-state index in [2.05, 4.69) is 19.2 Å². The smallest absolute Gasteiger partial charge is 0.321 e. The number of thioether (sulfide) groups is 1. The van der Waals surface area contributed by atoms with Crippen molar-refractivity contribution in [1.29, 1.82) is 0 Å². The first kappa shape index (κ1) is 15.5. The standard InChI is InChI=1S/C14H19ClN2O2S/c1-9(2)20-13-11(15)4-3-5-12(13)16-14(19)17-7-6-10(18)8-17/h3-5,9-10,18H,6-8H2,1-2H3,(H,16,19)/t10-/m0/s1. The molecule has 0 unspecified atom stereocenters. The number of carbonyl (C=O) groups excluding carboxylic acids is 1. The van der Waals surface area contributed by atoms with Crippen molar-refractivity contribution in [3.8, 4) is 0 Å². The van der Waals surface area contributed by atoms with Crippen molar-refractivity contribution < 1.29 is 9.90 Å². The van der Waals surface area contributed by atoms with Crippen LogP contribution in [0.15, 0.2) is 23.1 Å². The number of urea groups is 1. The van der Waals surface area contributed by atoms with Gasteiger partial charge in [0.1, 0.15) is 0 Å². The number of nitrogens with one attached hydrogen (secondary N) is 1. The van der Waals surface area contributed by atoms with Gasteiger partial charge in [0.25, 0.3) is 0 Å². The van der Waals surface area contributed by atoms with Crippen molar-refractivity contribution in [2.75, 3.05) is 18.4 Å². The molecule has 0 saturated carbocycles. The molecule has 6 heteroatoms. The average molecular weight is 315 g/mol. The molecule has 110 valence electrons. The second kappa shape index (κ2) is 6.70. The number of nitrogens with zero attached hydrogens (tertiary/aromatic N) is 1. The molecule has 0 radical (unpaired) electrons. The molecule has 4 nitrogen and oxygen atoms in total. The quantitative estimate of drug-likeness (QED) is 0.840. The van der Waals surface area contributed by atoms with Crippen LogP contribution < -0.4 is 5.32 Å². The Bertz CT molecular complexity index is 496. The Balaban J connectivity index is 2.12. The topological polar surface area (TPSA) is 52.6 Å². The Morgan fingerprint density at radius 2 is 2.30 bits per heavy atom. The van der Waals surface area contributed by atoms with Gasteiger partial charge in [0.2, 0.25) is 0 Å². The lowest BCUT2D eigenvalue weighted by Crippen LogP contribution is -2.33. The molecular weight excluding hydrogens is 296 g/mol. The van der Waals surface area contributed by atoms with Gasteiger partial charge in [-0.2, -0.15) is 0 Å². The Hall–Kier alpha value is -0.910.